The number of hydrogen-bond donors (Lipinski definition) is 1. The van der Waals surface area contributed by atoms with E-state index in [1.165, 1.54) is 18.3 Å². The number of carboxylic acids is 1. The molecule has 0 amide bonds. The molecule has 27 heavy (non-hydrogen) atoms. The molecule has 0 radical (unpaired) electrons. The van der Waals surface area contributed by atoms with Gasteiger partial charge in [-0.05, 0) is 24.3 Å². The van der Waals surface area contributed by atoms with Gasteiger partial charge in [-0.3, -0.25) is 9.78 Å². The zero-order chi connectivity index (χ0) is 19.8. The minimum Gasteiger partial charge on any atom is -0.477 e. The number of pyridine rings is 2. The second-order valence-electron chi connectivity index (χ2n) is 5.20. The summed E-state index contributed by atoms with van der Waals surface area (Å²) < 4.78 is 38.6. The summed E-state index contributed by atoms with van der Waals surface area (Å²) in [7, 11) is 0. The first-order valence-electron chi connectivity index (χ1n) is 7.20. The van der Waals surface area contributed by atoms with Crippen LogP contribution in [0.15, 0.2) is 42.7 Å². The fourth-order valence-electron chi connectivity index (χ4n) is 2.18. The Hall–Kier alpha value is -3.27. The van der Waals surface area contributed by atoms with E-state index < -0.39 is 23.6 Å². The summed E-state index contributed by atoms with van der Waals surface area (Å²) in [5, 5.41) is 13.3. The molecule has 0 spiro atoms. The highest BCUT2D eigenvalue weighted by atomic mass is 35.5. The summed E-state index contributed by atoms with van der Waals surface area (Å²) in [6.45, 7) is 0. The zero-order valence-corrected chi connectivity index (χ0v) is 13.9. The number of rotatable bonds is 4. The molecular formula is C16H8ClF3N4O3. The van der Waals surface area contributed by atoms with Crippen molar-refractivity contribution in [2.75, 3.05) is 0 Å². The van der Waals surface area contributed by atoms with Crippen molar-refractivity contribution >= 4 is 23.4 Å². The van der Waals surface area contributed by atoms with Gasteiger partial charge in [-0.2, -0.15) is 18.3 Å². The number of nitrogens with zero attached hydrogens (tertiary/aromatic N) is 4. The average molecular weight is 397 g/mol. The maximum absolute atomic E-state index is 12.6. The Bertz CT molecular complexity index is 1030. The lowest BCUT2D eigenvalue weighted by Gasteiger charge is -2.05. The maximum atomic E-state index is 12.6. The smallest absolute Gasteiger partial charge is 0.433 e. The van der Waals surface area contributed by atoms with Gasteiger partial charge in [0.15, 0.2) is 11.5 Å². The Morgan fingerprint density at radius 2 is 1.89 bits per heavy atom. The molecule has 0 aliphatic heterocycles. The molecule has 0 unspecified atom stereocenters. The third kappa shape index (κ3) is 3.65. The SMILES string of the molecule is O=C(c1ccc(C(F)(F)F)nc1)c1cc(C(=O)O)n(-c2ncccc2Cl)n1. The molecule has 3 rings (SSSR count). The molecule has 7 nitrogen and oxygen atoms in total. The lowest BCUT2D eigenvalue weighted by atomic mass is 10.1. The fourth-order valence-corrected chi connectivity index (χ4v) is 2.38. The molecule has 0 atom stereocenters. The molecule has 3 aromatic rings. The van der Waals surface area contributed by atoms with Crippen molar-refractivity contribution in [3.8, 4) is 5.82 Å². The van der Waals surface area contributed by atoms with Gasteiger partial charge in [0.25, 0.3) is 0 Å². The van der Waals surface area contributed by atoms with E-state index in [1.807, 2.05) is 0 Å². The van der Waals surface area contributed by atoms with E-state index in [0.717, 1.165) is 23.0 Å². The summed E-state index contributed by atoms with van der Waals surface area (Å²) in [6.07, 6.45) is -2.54. The molecule has 0 aliphatic rings. The van der Waals surface area contributed by atoms with Crippen molar-refractivity contribution in [2.24, 2.45) is 0 Å². The Balaban J connectivity index is 2.03. The van der Waals surface area contributed by atoms with Crippen LogP contribution in [0.25, 0.3) is 5.82 Å². The minimum atomic E-state index is -4.64. The molecule has 0 saturated carbocycles. The van der Waals surface area contributed by atoms with Crippen LogP contribution in [0.3, 0.4) is 0 Å². The van der Waals surface area contributed by atoms with Gasteiger partial charge in [0.05, 0.1) is 5.02 Å². The van der Waals surface area contributed by atoms with E-state index in [-0.39, 0.29) is 27.8 Å². The standard InChI is InChI=1S/C16H8ClF3N4O3/c17-9-2-1-5-21-14(9)24-11(15(26)27)6-10(23-24)13(25)8-3-4-12(22-7-8)16(18,19)20/h1-7H,(H,26,27). The number of alkyl halides is 3. The predicted molar refractivity (Wildman–Crippen MR) is 86.0 cm³/mol. The first-order chi connectivity index (χ1) is 12.7. The Morgan fingerprint density at radius 1 is 1.15 bits per heavy atom. The second-order valence-corrected chi connectivity index (χ2v) is 5.61. The van der Waals surface area contributed by atoms with Crippen molar-refractivity contribution in [1.82, 2.24) is 19.7 Å². The fraction of sp³-hybridized carbons (Fsp3) is 0.0625. The third-order valence-electron chi connectivity index (χ3n) is 3.42. The summed E-state index contributed by atoms with van der Waals surface area (Å²) in [5.74, 6) is -2.21. The van der Waals surface area contributed by atoms with E-state index in [2.05, 4.69) is 15.1 Å². The highest BCUT2D eigenvalue weighted by molar-refractivity contribution is 6.32. The number of carbonyl (C=O) groups excluding carboxylic acids is 1. The van der Waals surface area contributed by atoms with Crippen molar-refractivity contribution in [1.29, 1.82) is 0 Å². The van der Waals surface area contributed by atoms with Crippen LogP contribution in [-0.2, 0) is 6.18 Å². The molecule has 3 heterocycles. The van der Waals surface area contributed by atoms with E-state index in [4.69, 9.17) is 11.6 Å². The van der Waals surface area contributed by atoms with Crippen LogP contribution in [0.5, 0.6) is 0 Å². The zero-order valence-electron chi connectivity index (χ0n) is 13.1. The normalized spacial score (nSPS) is 11.4. The van der Waals surface area contributed by atoms with Gasteiger partial charge in [0.1, 0.15) is 11.4 Å². The van der Waals surface area contributed by atoms with Gasteiger partial charge in [-0.1, -0.05) is 11.6 Å². The molecule has 138 valence electrons. The highest BCUT2D eigenvalue weighted by Gasteiger charge is 2.32. The van der Waals surface area contributed by atoms with Crippen LogP contribution in [0, 0.1) is 0 Å². The van der Waals surface area contributed by atoms with Gasteiger partial charge in [0, 0.05) is 24.0 Å². The lowest BCUT2D eigenvalue weighted by molar-refractivity contribution is -0.141. The van der Waals surface area contributed by atoms with Crippen LogP contribution < -0.4 is 0 Å². The van der Waals surface area contributed by atoms with Gasteiger partial charge in [-0.25, -0.2) is 14.5 Å². The monoisotopic (exact) mass is 396 g/mol. The first-order valence-corrected chi connectivity index (χ1v) is 7.58. The molecule has 0 saturated heterocycles. The second kappa shape index (κ2) is 6.80. The third-order valence-corrected chi connectivity index (χ3v) is 3.71. The predicted octanol–water partition coefficient (Wildman–Crippen LogP) is 3.26. The van der Waals surface area contributed by atoms with E-state index in [1.54, 1.807) is 0 Å². The number of ketones is 1. The van der Waals surface area contributed by atoms with Crippen molar-refractivity contribution < 1.29 is 27.9 Å². The Labute approximate surface area is 154 Å². The molecule has 0 bridgehead atoms. The summed E-state index contributed by atoms with van der Waals surface area (Å²) in [4.78, 5) is 31.1. The van der Waals surface area contributed by atoms with Crippen molar-refractivity contribution in [3.05, 3.63) is 70.4 Å². The Kier molecular flexibility index (Phi) is 4.66. The molecule has 0 fully saturated rings. The van der Waals surface area contributed by atoms with Crippen LogP contribution in [0.4, 0.5) is 13.2 Å². The van der Waals surface area contributed by atoms with E-state index in [9.17, 15) is 27.9 Å². The molecule has 1 N–H and O–H groups in total. The van der Waals surface area contributed by atoms with Gasteiger partial charge in [-0.15, -0.1) is 0 Å². The number of carbonyl (C=O) groups is 2. The maximum Gasteiger partial charge on any atom is 0.433 e. The number of hydrogen-bond acceptors (Lipinski definition) is 5. The van der Waals surface area contributed by atoms with E-state index >= 15 is 0 Å². The average Bonchev–Trinajstić information content (AvgIpc) is 3.06. The highest BCUT2D eigenvalue weighted by Crippen LogP contribution is 2.27. The Morgan fingerprint density at radius 3 is 2.44 bits per heavy atom. The number of carboxylic acid groups (broad SMARTS) is 1. The molecule has 3 aromatic heterocycles. The number of aromatic nitrogens is 4. The summed E-state index contributed by atoms with van der Waals surface area (Å²) in [6, 6.07) is 5.55. The molecule has 0 aliphatic carbocycles. The van der Waals surface area contributed by atoms with Crippen LogP contribution >= 0.6 is 11.6 Å². The van der Waals surface area contributed by atoms with Crippen molar-refractivity contribution in [3.63, 3.8) is 0 Å². The van der Waals surface area contributed by atoms with Gasteiger partial charge >= 0.3 is 12.1 Å². The van der Waals surface area contributed by atoms with Crippen LogP contribution in [0.1, 0.15) is 32.2 Å². The number of halogens is 4. The van der Waals surface area contributed by atoms with Crippen LogP contribution in [-0.4, -0.2) is 36.6 Å². The molecule has 11 heteroatoms. The van der Waals surface area contributed by atoms with Crippen molar-refractivity contribution in [2.45, 2.75) is 6.18 Å². The summed E-state index contributed by atoms with van der Waals surface area (Å²) >= 11 is 5.98. The summed E-state index contributed by atoms with van der Waals surface area (Å²) in [5.41, 5.74) is -2.04. The topological polar surface area (TPSA) is 98.0 Å². The van der Waals surface area contributed by atoms with Gasteiger partial charge < -0.3 is 5.11 Å². The lowest BCUT2D eigenvalue weighted by Crippen LogP contribution is -2.11. The van der Waals surface area contributed by atoms with Crippen LogP contribution in [0.2, 0.25) is 5.02 Å². The minimum absolute atomic E-state index is 0.0128. The number of aromatic carboxylic acids is 1. The van der Waals surface area contributed by atoms with E-state index in [0.29, 0.717) is 6.07 Å². The largest absolute Gasteiger partial charge is 0.477 e. The van der Waals surface area contributed by atoms with Gasteiger partial charge in [0.2, 0.25) is 5.78 Å². The molecular weight excluding hydrogens is 389 g/mol. The quantitative estimate of drug-likeness (QED) is 0.680. The molecule has 0 aromatic carbocycles. The first kappa shape index (κ1) is 18.5.